The SMILES string of the molecule is COc1ccc(Cn2cccn2)cc1F. The van der Waals surface area contributed by atoms with Crippen molar-refractivity contribution in [2.24, 2.45) is 0 Å². The summed E-state index contributed by atoms with van der Waals surface area (Å²) in [4.78, 5) is 0. The molecular weight excluding hydrogens is 195 g/mol. The third-order valence-electron chi connectivity index (χ3n) is 2.12. The summed E-state index contributed by atoms with van der Waals surface area (Å²) in [6, 6.07) is 6.73. The van der Waals surface area contributed by atoms with Crippen LogP contribution in [0.1, 0.15) is 5.56 Å². The third kappa shape index (κ3) is 2.15. The number of halogens is 1. The van der Waals surface area contributed by atoms with Crippen LogP contribution < -0.4 is 4.74 Å². The van der Waals surface area contributed by atoms with Crippen LogP contribution in [0.4, 0.5) is 4.39 Å². The number of aromatic nitrogens is 2. The lowest BCUT2D eigenvalue weighted by atomic mass is 10.2. The molecule has 1 aromatic carbocycles. The fourth-order valence-electron chi connectivity index (χ4n) is 1.39. The minimum absolute atomic E-state index is 0.263. The molecule has 1 heterocycles. The van der Waals surface area contributed by atoms with Crippen molar-refractivity contribution < 1.29 is 9.13 Å². The zero-order valence-electron chi connectivity index (χ0n) is 8.35. The Labute approximate surface area is 87.1 Å². The molecule has 2 aromatic rings. The van der Waals surface area contributed by atoms with Gasteiger partial charge < -0.3 is 4.74 Å². The number of ether oxygens (including phenoxy) is 1. The van der Waals surface area contributed by atoms with Crippen LogP contribution >= 0.6 is 0 Å². The second-order valence-electron chi connectivity index (χ2n) is 3.17. The van der Waals surface area contributed by atoms with Gasteiger partial charge in [-0.15, -0.1) is 0 Å². The lowest BCUT2D eigenvalue weighted by Crippen LogP contribution is -2.00. The minimum atomic E-state index is -0.345. The van der Waals surface area contributed by atoms with E-state index in [0.29, 0.717) is 6.54 Å². The van der Waals surface area contributed by atoms with Crippen LogP contribution in [-0.2, 0) is 6.54 Å². The van der Waals surface area contributed by atoms with Crippen LogP contribution in [0.25, 0.3) is 0 Å². The molecule has 0 atom stereocenters. The molecule has 0 amide bonds. The zero-order chi connectivity index (χ0) is 10.7. The highest BCUT2D eigenvalue weighted by Crippen LogP contribution is 2.17. The molecule has 0 radical (unpaired) electrons. The van der Waals surface area contributed by atoms with Gasteiger partial charge in [0.25, 0.3) is 0 Å². The standard InChI is InChI=1S/C11H11FN2O/c1-15-11-4-3-9(7-10(11)12)8-14-6-2-5-13-14/h2-7H,8H2,1H3. The molecular formula is C11H11FN2O. The molecule has 15 heavy (non-hydrogen) atoms. The van der Waals surface area contributed by atoms with E-state index in [9.17, 15) is 4.39 Å². The van der Waals surface area contributed by atoms with Gasteiger partial charge in [0.2, 0.25) is 0 Å². The Balaban J connectivity index is 2.20. The van der Waals surface area contributed by atoms with E-state index in [0.717, 1.165) is 5.56 Å². The molecule has 0 aliphatic rings. The summed E-state index contributed by atoms with van der Waals surface area (Å²) in [5.74, 6) is -0.0821. The van der Waals surface area contributed by atoms with Crippen molar-refractivity contribution in [2.75, 3.05) is 7.11 Å². The van der Waals surface area contributed by atoms with Crippen LogP contribution in [-0.4, -0.2) is 16.9 Å². The van der Waals surface area contributed by atoms with Gasteiger partial charge >= 0.3 is 0 Å². The first-order valence-electron chi connectivity index (χ1n) is 4.59. The number of rotatable bonds is 3. The normalized spacial score (nSPS) is 10.3. The molecule has 2 rings (SSSR count). The first-order chi connectivity index (χ1) is 7.29. The van der Waals surface area contributed by atoms with Gasteiger partial charge in [-0.1, -0.05) is 6.07 Å². The summed E-state index contributed by atoms with van der Waals surface area (Å²) < 4.78 is 19.9. The lowest BCUT2D eigenvalue weighted by Gasteiger charge is -2.05. The topological polar surface area (TPSA) is 27.1 Å². The largest absolute Gasteiger partial charge is 0.494 e. The van der Waals surface area contributed by atoms with Crippen molar-refractivity contribution in [2.45, 2.75) is 6.54 Å². The molecule has 0 aliphatic carbocycles. The van der Waals surface area contributed by atoms with Gasteiger partial charge in [0.15, 0.2) is 11.6 Å². The highest BCUT2D eigenvalue weighted by atomic mass is 19.1. The number of hydrogen-bond acceptors (Lipinski definition) is 2. The van der Waals surface area contributed by atoms with Crippen LogP contribution in [0.2, 0.25) is 0 Å². The number of nitrogens with zero attached hydrogens (tertiary/aromatic N) is 2. The summed E-state index contributed by atoms with van der Waals surface area (Å²) in [5, 5.41) is 4.05. The fraction of sp³-hybridized carbons (Fsp3) is 0.182. The van der Waals surface area contributed by atoms with Gasteiger partial charge in [-0.2, -0.15) is 5.10 Å². The van der Waals surface area contributed by atoms with Crippen molar-refractivity contribution in [1.82, 2.24) is 9.78 Å². The van der Waals surface area contributed by atoms with Gasteiger partial charge in [0.1, 0.15) is 0 Å². The Morgan fingerprint density at radius 1 is 1.47 bits per heavy atom. The van der Waals surface area contributed by atoms with E-state index in [1.807, 2.05) is 18.3 Å². The van der Waals surface area contributed by atoms with E-state index in [2.05, 4.69) is 5.10 Å². The number of benzene rings is 1. The zero-order valence-corrected chi connectivity index (χ0v) is 8.35. The third-order valence-corrected chi connectivity index (χ3v) is 2.12. The Morgan fingerprint density at radius 2 is 2.33 bits per heavy atom. The summed E-state index contributed by atoms with van der Waals surface area (Å²) in [6.45, 7) is 0.563. The summed E-state index contributed by atoms with van der Waals surface area (Å²) in [5.41, 5.74) is 0.858. The van der Waals surface area contributed by atoms with E-state index >= 15 is 0 Å². The Kier molecular flexibility index (Phi) is 2.67. The molecule has 4 heteroatoms. The number of hydrogen-bond donors (Lipinski definition) is 0. The van der Waals surface area contributed by atoms with E-state index < -0.39 is 0 Å². The molecule has 0 saturated heterocycles. The van der Waals surface area contributed by atoms with E-state index in [4.69, 9.17) is 4.74 Å². The van der Waals surface area contributed by atoms with Gasteiger partial charge in [-0.3, -0.25) is 4.68 Å². The van der Waals surface area contributed by atoms with Crippen molar-refractivity contribution >= 4 is 0 Å². The maximum atomic E-state index is 13.3. The fourth-order valence-corrected chi connectivity index (χ4v) is 1.39. The molecule has 0 spiro atoms. The van der Waals surface area contributed by atoms with Crippen LogP contribution in [0.3, 0.4) is 0 Å². The molecule has 0 unspecified atom stereocenters. The highest BCUT2D eigenvalue weighted by molar-refractivity contribution is 5.29. The van der Waals surface area contributed by atoms with Gasteiger partial charge in [0, 0.05) is 12.4 Å². The van der Waals surface area contributed by atoms with E-state index in [1.165, 1.54) is 13.2 Å². The highest BCUT2D eigenvalue weighted by Gasteiger charge is 2.03. The lowest BCUT2D eigenvalue weighted by molar-refractivity contribution is 0.386. The summed E-state index contributed by atoms with van der Waals surface area (Å²) in [7, 11) is 1.45. The molecule has 1 aromatic heterocycles. The smallest absolute Gasteiger partial charge is 0.165 e. The Bertz CT molecular complexity index is 440. The predicted molar refractivity (Wildman–Crippen MR) is 54.3 cm³/mol. The quantitative estimate of drug-likeness (QED) is 0.768. The molecule has 0 N–H and O–H groups in total. The van der Waals surface area contributed by atoms with Crippen molar-refractivity contribution in [3.8, 4) is 5.75 Å². The predicted octanol–water partition coefficient (Wildman–Crippen LogP) is 2.08. The molecule has 0 bridgehead atoms. The molecule has 3 nitrogen and oxygen atoms in total. The van der Waals surface area contributed by atoms with E-state index in [1.54, 1.807) is 16.9 Å². The minimum Gasteiger partial charge on any atom is -0.494 e. The second-order valence-corrected chi connectivity index (χ2v) is 3.17. The average Bonchev–Trinajstić information content (AvgIpc) is 2.71. The summed E-state index contributed by atoms with van der Waals surface area (Å²) in [6.07, 6.45) is 3.53. The van der Waals surface area contributed by atoms with Crippen molar-refractivity contribution in [3.05, 3.63) is 48.0 Å². The average molecular weight is 206 g/mol. The maximum Gasteiger partial charge on any atom is 0.165 e. The first kappa shape index (κ1) is 9.71. The molecule has 0 fully saturated rings. The maximum absolute atomic E-state index is 13.3. The van der Waals surface area contributed by atoms with Gasteiger partial charge in [-0.05, 0) is 23.8 Å². The van der Waals surface area contributed by atoms with E-state index in [-0.39, 0.29) is 11.6 Å². The monoisotopic (exact) mass is 206 g/mol. The van der Waals surface area contributed by atoms with Gasteiger partial charge in [-0.25, -0.2) is 4.39 Å². The molecule has 0 saturated carbocycles. The molecule has 0 aliphatic heterocycles. The van der Waals surface area contributed by atoms with Gasteiger partial charge in [0.05, 0.1) is 13.7 Å². The second kappa shape index (κ2) is 4.13. The summed E-state index contributed by atoms with van der Waals surface area (Å²) >= 11 is 0. The Morgan fingerprint density at radius 3 is 2.93 bits per heavy atom. The molecule has 78 valence electrons. The first-order valence-corrected chi connectivity index (χ1v) is 4.59. The van der Waals surface area contributed by atoms with Crippen molar-refractivity contribution in [3.63, 3.8) is 0 Å². The Hall–Kier alpha value is -1.84. The van der Waals surface area contributed by atoms with Crippen molar-refractivity contribution in [1.29, 1.82) is 0 Å². The van der Waals surface area contributed by atoms with Crippen LogP contribution in [0.15, 0.2) is 36.7 Å². The van der Waals surface area contributed by atoms with Crippen LogP contribution in [0, 0.1) is 5.82 Å². The van der Waals surface area contributed by atoms with Crippen LogP contribution in [0.5, 0.6) is 5.75 Å². The number of methoxy groups -OCH3 is 1.